The molecule has 2 aromatic heterocycles. The number of carbonyl (C=O) groups is 2. The van der Waals surface area contributed by atoms with Gasteiger partial charge in [0.05, 0.1) is 15.2 Å². The second-order valence-corrected chi connectivity index (χ2v) is 8.16. The van der Waals surface area contributed by atoms with Gasteiger partial charge in [0.15, 0.2) is 5.82 Å². The Balaban J connectivity index is 1.25. The first-order valence-corrected chi connectivity index (χ1v) is 10.3. The topological polar surface area (TPSA) is 88.3 Å². The molecular formula is C20H22N4O3S. The number of para-hydroxylation sites is 1. The molecule has 0 atom stereocenters. The number of aryl methyl sites for hydroxylation is 2. The predicted molar refractivity (Wildman–Crippen MR) is 107 cm³/mol. The molecule has 0 unspecified atom stereocenters. The highest BCUT2D eigenvalue weighted by Gasteiger charge is 2.27. The van der Waals surface area contributed by atoms with Crippen LogP contribution in [0.25, 0.3) is 10.2 Å². The fourth-order valence-electron chi connectivity index (χ4n) is 3.44. The van der Waals surface area contributed by atoms with Gasteiger partial charge in [0.25, 0.3) is 0 Å². The summed E-state index contributed by atoms with van der Waals surface area (Å²) in [5, 5.41) is 7.56. The first-order valence-electron chi connectivity index (χ1n) is 9.45. The summed E-state index contributed by atoms with van der Waals surface area (Å²) in [5.74, 6) is 1.06. The van der Waals surface area contributed by atoms with E-state index in [9.17, 15) is 9.59 Å². The maximum absolute atomic E-state index is 12.5. The number of likely N-dealkylation sites (tertiary alicyclic amines) is 1. The zero-order valence-electron chi connectivity index (χ0n) is 15.7. The summed E-state index contributed by atoms with van der Waals surface area (Å²) in [6, 6.07) is 9.71. The van der Waals surface area contributed by atoms with Gasteiger partial charge in [0.1, 0.15) is 5.76 Å². The van der Waals surface area contributed by atoms with Crippen molar-refractivity contribution in [2.24, 2.45) is 5.92 Å². The average molecular weight is 398 g/mol. The minimum absolute atomic E-state index is 0.0603. The molecule has 3 aromatic rings. The number of aromatic nitrogens is 2. The SMILES string of the molecule is Cc1cc(NC(=O)C2CCN(C(=O)CCc3nc4ccccc4s3)CC2)no1. The number of thiazole rings is 1. The van der Waals surface area contributed by atoms with Gasteiger partial charge in [-0.05, 0) is 31.9 Å². The fourth-order valence-corrected chi connectivity index (χ4v) is 4.41. The van der Waals surface area contributed by atoms with E-state index in [1.807, 2.05) is 23.1 Å². The molecule has 1 N–H and O–H groups in total. The van der Waals surface area contributed by atoms with E-state index in [1.165, 1.54) is 0 Å². The Kier molecular flexibility index (Phi) is 5.38. The number of carbonyl (C=O) groups excluding carboxylic acids is 2. The lowest BCUT2D eigenvalue weighted by molar-refractivity contribution is -0.134. The van der Waals surface area contributed by atoms with Gasteiger partial charge >= 0.3 is 0 Å². The number of rotatable bonds is 5. The third kappa shape index (κ3) is 4.22. The number of fused-ring (bicyclic) bond motifs is 1. The minimum Gasteiger partial charge on any atom is -0.360 e. The van der Waals surface area contributed by atoms with Crippen molar-refractivity contribution >= 4 is 39.2 Å². The molecule has 8 heteroatoms. The smallest absolute Gasteiger partial charge is 0.228 e. The Morgan fingerprint density at radius 1 is 1.29 bits per heavy atom. The highest BCUT2D eigenvalue weighted by atomic mass is 32.1. The molecule has 1 aromatic carbocycles. The van der Waals surface area contributed by atoms with Gasteiger partial charge in [0, 0.05) is 37.9 Å². The van der Waals surface area contributed by atoms with E-state index in [4.69, 9.17) is 4.52 Å². The molecule has 146 valence electrons. The fraction of sp³-hybridized carbons (Fsp3) is 0.400. The van der Waals surface area contributed by atoms with Crippen molar-refractivity contribution in [3.63, 3.8) is 0 Å². The van der Waals surface area contributed by atoms with Crippen LogP contribution in [-0.4, -0.2) is 39.9 Å². The van der Waals surface area contributed by atoms with Gasteiger partial charge in [-0.2, -0.15) is 0 Å². The largest absolute Gasteiger partial charge is 0.360 e. The predicted octanol–water partition coefficient (Wildman–Crippen LogP) is 3.40. The summed E-state index contributed by atoms with van der Waals surface area (Å²) < 4.78 is 6.11. The molecule has 1 aliphatic heterocycles. The summed E-state index contributed by atoms with van der Waals surface area (Å²) >= 11 is 1.64. The molecule has 1 aliphatic rings. The number of nitrogens with one attached hydrogen (secondary N) is 1. The second-order valence-electron chi connectivity index (χ2n) is 7.04. The number of nitrogens with zero attached hydrogens (tertiary/aromatic N) is 3. The van der Waals surface area contributed by atoms with Crippen LogP contribution < -0.4 is 5.32 Å². The van der Waals surface area contributed by atoms with Crippen molar-refractivity contribution in [1.29, 1.82) is 0 Å². The van der Waals surface area contributed by atoms with E-state index in [0.29, 0.717) is 50.4 Å². The van der Waals surface area contributed by atoms with E-state index in [-0.39, 0.29) is 17.7 Å². The quantitative estimate of drug-likeness (QED) is 0.712. The maximum atomic E-state index is 12.5. The summed E-state index contributed by atoms with van der Waals surface area (Å²) in [4.78, 5) is 31.3. The van der Waals surface area contributed by atoms with Gasteiger partial charge in [0.2, 0.25) is 11.8 Å². The summed E-state index contributed by atoms with van der Waals surface area (Å²) in [6.07, 6.45) is 2.43. The Bertz CT molecular complexity index is 955. The van der Waals surface area contributed by atoms with Crippen molar-refractivity contribution in [1.82, 2.24) is 15.0 Å². The van der Waals surface area contributed by atoms with Crippen LogP contribution in [0.5, 0.6) is 0 Å². The standard InChI is InChI=1S/C20H22N4O3S/c1-13-12-17(23-27-13)22-20(26)14-8-10-24(11-9-14)19(25)7-6-18-21-15-4-2-3-5-16(15)28-18/h2-5,12,14H,6-11H2,1H3,(H,22,23,26). The summed E-state index contributed by atoms with van der Waals surface area (Å²) in [5.41, 5.74) is 0.990. The Hall–Kier alpha value is -2.74. The van der Waals surface area contributed by atoms with E-state index in [0.717, 1.165) is 15.2 Å². The lowest BCUT2D eigenvalue weighted by Crippen LogP contribution is -2.41. The number of amides is 2. The number of hydrogen-bond acceptors (Lipinski definition) is 6. The Morgan fingerprint density at radius 3 is 2.79 bits per heavy atom. The van der Waals surface area contributed by atoms with Crippen LogP contribution in [0, 0.1) is 12.8 Å². The highest BCUT2D eigenvalue weighted by molar-refractivity contribution is 7.18. The average Bonchev–Trinajstić information content (AvgIpc) is 3.31. The van der Waals surface area contributed by atoms with Gasteiger partial charge < -0.3 is 14.7 Å². The number of benzene rings is 1. The van der Waals surface area contributed by atoms with E-state index >= 15 is 0 Å². The molecule has 0 aliphatic carbocycles. The molecule has 0 radical (unpaired) electrons. The van der Waals surface area contributed by atoms with Crippen molar-refractivity contribution in [2.45, 2.75) is 32.6 Å². The van der Waals surface area contributed by atoms with Gasteiger partial charge in [-0.3, -0.25) is 9.59 Å². The minimum atomic E-state index is -0.106. The molecule has 0 bridgehead atoms. The molecule has 1 saturated heterocycles. The van der Waals surface area contributed by atoms with Gasteiger partial charge in [-0.15, -0.1) is 11.3 Å². The third-order valence-corrected chi connectivity index (χ3v) is 6.08. The number of anilines is 1. The zero-order valence-corrected chi connectivity index (χ0v) is 16.5. The summed E-state index contributed by atoms with van der Waals surface area (Å²) in [7, 11) is 0. The number of hydrogen-bond donors (Lipinski definition) is 1. The molecule has 3 heterocycles. The highest BCUT2D eigenvalue weighted by Crippen LogP contribution is 2.24. The van der Waals surface area contributed by atoms with Crippen molar-refractivity contribution in [3.05, 3.63) is 41.1 Å². The van der Waals surface area contributed by atoms with Crippen LogP contribution in [0.4, 0.5) is 5.82 Å². The third-order valence-electron chi connectivity index (χ3n) is 4.99. The van der Waals surface area contributed by atoms with Gasteiger partial charge in [-0.1, -0.05) is 17.3 Å². The van der Waals surface area contributed by atoms with Crippen molar-refractivity contribution < 1.29 is 14.1 Å². The summed E-state index contributed by atoms with van der Waals surface area (Å²) in [6.45, 7) is 2.99. The van der Waals surface area contributed by atoms with Gasteiger partial charge in [-0.25, -0.2) is 4.98 Å². The molecule has 28 heavy (non-hydrogen) atoms. The van der Waals surface area contributed by atoms with Crippen LogP contribution in [0.15, 0.2) is 34.9 Å². The molecule has 1 fully saturated rings. The molecular weight excluding hydrogens is 376 g/mol. The Labute approximate surface area is 166 Å². The van der Waals surface area contributed by atoms with E-state index in [1.54, 1.807) is 24.3 Å². The Morgan fingerprint density at radius 2 is 2.07 bits per heavy atom. The molecule has 4 rings (SSSR count). The van der Waals surface area contributed by atoms with Crippen LogP contribution in [0.1, 0.15) is 30.0 Å². The molecule has 7 nitrogen and oxygen atoms in total. The van der Waals surface area contributed by atoms with Crippen LogP contribution in [0.2, 0.25) is 0 Å². The van der Waals surface area contributed by atoms with Crippen molar-refractivity contribution in [2.75, 3.05) is 18.4 Å². The van der Waals surface area contributed by atoms with Crippen LogP contribution in [0.3, 0.4) is 0 Å². The van der Waals surface area contributed by atoms with E-state index in [2.05, 4.69) is 21.5 Å². The monoisotopic (exact) mass is 398 g/mol. The normalized spacial score (nSPS) is 15.1. The lowest BCUT2D eigenvalue weighted by Gasteiger charge is -2.31. The molecule has 0 spiro atoms. The second kappa shape index (κ2) is 8.10. The number of piperidine rings is 1. The zero-order chi connectivity index (χ0) is 19.5. The first kappa shape index (κ1) is 18.6. The molecule has 0 saturated carbocycles. The lowest BCUT2D eigenvalue weighted by atomic mass is 9.95. The van der Waals surface area contributed by atoms with Crippen LogP contribution >= 0.6 is 11.3 Å². The maximum Gasteiger partial charge on any atom is 0.228 e. The molecule has 2 amide bonds. The van der Waals surface area contributed by atoms with Crippen molar-refractivity contribution in [3.8, 4) is 0 Å². The van der Waals surface area contributed by atoms with Crippen LogP contribution in [-0.2, 0) is 16.0 Å². The first-order chi connectivity index (χ1) is 13.6. The van der Waals surface area contributed by atoms with E-state index < -0.39 is 0 Å².